The molecule has 0 unspecified atom stereocenters. The molecule has 1 amide bonds. The normalized spacial score (nSPS) is 10.2. The Morgan fingerprint density at radius 3 is 2.25 bits per heavy atom. The van der Waals surface area contributed by atoms with Crippen LogP contribution in [-0.4, -0.2) is 29.6 Å². The van der Waals surface area contributed by atoms with Gasteiger partial charge in [0.1, 0.15) is 28.8 Å². The zero-order chi connectivity index (χ0) is 19.9. The van der Waals surface area contributed by atoms with E-state index in [1.54, 1.807) is 44.4 Å². The van der Waals surface area contributed by atoms with E-state index in [1.807, 2.05) is 31.2 Å². The lowest BCUT2D eigenvalue weighted by Crippen LogP contribution is -2.15. The fourth-order valence-electron chi connectivity index (χ4n) is 2.57. The van der Waals surface area contributed by atoms with Crippen LogP contribution >= 0.6 is 0 Å². The summed E-state index contributed by atoms with van der Waals surface area (Å²) in [6, 6.07) is 16.2. The number of nitrogens with one attached hydrogen (secondary N) is 2. The molecule has 2 aromatic carbocycles. The van der Waals surface area contributed by atoms with Crippen LogP contribution in [0.5, 0.6) is 11.5 Å². The lowest BCUT2D eigenvalue weighted by molar-refractivity contribution is 0.102. The van der Waals surface area contributed by atoms with Gasteiger partial charge in [0.05, 0.1) is 13.7 Å². The molecule has 2 N–H and O–H groups in total. The minimum absolute atomic E-state index is 0.275. The highest BCUT2D eigenvalue weighted by Gasteiger charge is 2.11. The first-order valence-electron chi connectivity index (χ1n) is 8.88. The lowest BCUT2D eigenvalue weighted by Gasteiger charge is -2.10. The van der Waals surface area contributed by atoms with Crippen LogP contribution in [0.4, 0.5) is 17.2 Å². The molecule has 3 aromatic rings. The third-order valence-electron chi connectivity index (χ3n) is 3.86. The van der Waals surface area contributed by atoms with Gasteiger partial charge in [0.2, 0.25) is 0 Å². The van der Waals surface area contributed by atoms with Gasteiger partial charge in [-0.1, -0.05) is 0 Å². The van der Waals surface area contributed by atoms with Crippen LogP contribution in [0.2, 0.25) is 0 Å². The van der Waals surface area contributed by atoms with Gasteiger partial charge >= 0.3 is 0 Å². The number of rotatable bonds is 7. The minimum atomic E-state index is -0.314. The number of amides is 1. The van der Waals surface area contributed by atoms with Crippen LogP contribution in [0.3, 0.4) is 0 Å². The average molecular weight is 378 g/mol. The van der Waals surface area contributed by atoms with Gasteiger partial charge < -0.3 is 20.1 Å². The van der Waals surface area contributed by atoms with Gasteiger partial charge in [0, 0.05) is 17.4 Å². The number of anilines is 3. The molecule has 1 heterocycles. The SMILES string of the molecule is CCOc1ccc(Nc2cc(C(=O)Nc3ccc(OC)cc3)nc(C)n2)cc1. The van der Waals surface area contributed by atoms with E-state index in [2.05, 4.69) is 20.6 Å². The standard InChI is InChI=1S/C21H22N4O3/c1-4-28-18-11-7-15(8-12-18)24-20-13-19(22-14(2)23-20)21(26)25-16-5-9-17(27-3)10-6-16/h5-13H,4H2,1-3H3,(H,25,26)(H,22,23,24). The van der Waals surface area contributed by atoms with Crippen molar-refractivity contribution in [2.75, 3.05) is 24.4 Å². The van der Waals surface area contributed by atoms with Gasteiger partial charge in [-0.2, -0.15) is 0 Å². The van der Waals surface area contributed by atoms with Gasteiger partial charge in [-0.05, 0) is 62.4 Å². The van der Waals surface area contributed by atoms with E-state index in [-0.39, 0.29) is 11.6 Å². The highest BCUT2D eigenvalue weighted by atomic mass is 16.5. The molecule has 0 saturated heterocycles. The smallest absolute Gasteiger partial charge is 0.274 e. The van der Waals surface area contributed by atoms with Crippen LogP contribution in [0.25, 0.3) is 0 Å². The molecular formula is C21H22N4O3. The summed E-state index contributed by atoms with van der Waals surface area (Å²) in [7, 11) is 1.59. The molecule has 0 aliphatic rings. The molecule has 1 aromatic heterocycles. The Morgan fingerprint density at radius 2 is 1.61 bits per heavy atom. The Balaban J connectivity index is 1.73. The summed E-state index contributed by atoms with van der Waals surface area (Å²) < 4.78 is 10.6. The van der Waals surface area contributed by atoms with E-state index in [1.165, 1.54) is 0 Å². The zero-order valence-corrected chi connectivity index (χ0v) is 16.0. The van der Waals surface area contributed by atoms with Crippen LogP contribution in [-0.2, 0) is 0 Å². The second kappa shape index (κ2) is 8.85. The Morgan fingerprint density at radius 1 is 0.964 bits per heavy atom. The topological polar surface area (TPSA) is 85.4 Å². The summed E-state index contributed by atoms with van der Waals surface area (Å²) in [6.07, 6.45) is 0. The van der Waals surface area contributed by atoms with E-state index in [0.29, 0.717) is 23.9 Å². The molecule has 7 nitrogen and oxygen atoms in total. The number of ether oxygens (including phenoxy) is 2. The number of carbonyl (C=O) groups is 1. The van der Waals surface area contributed by atoms with E-state index < -0.39 is 0 Å². The van der Waals surface area contributed by atoms with Crippen LogP contribution < -0.4 is 20.1 Å². The van der Waals surface area contributed by atoms with Gasteiger partial charge in [-0.25, -0.2) is 9.97 Å². The fraction of sp³-hybridized carbons (Fsp3) is 0.190. The van der Waals surface area contributed by atoms with E-state index in [0.717, 1.165) is 17.2 Å². The number of aryl methyl sites for hydroxylation is 1. The number of hydrogen-bond acceptors (Lipinski definition) is 6. The first-order chi connectivity index (χ1) is 13.6. The maximum atomic E-state index is 12.6. The van der Waals surface area contributed by atoms with E-state index in [9.17, 15) is 4.79 Å². The zero-order valence-electron chi connectivity index (χ0n) is 16.0. The van der Waals surface area contributed by atoms with E-state index >= 15 is 0 Å². The number of aromatic nitrogens is 2. The molecule has 7 heteroatoms. The molecule has 0 aliphatic carbocycles. The van der Waals surface area contributed by atoms with Crippen molar-refractivity contribution >= 4 is 23.1 Å². The Hall–Kier alpha value is -3.61. The molecule has 0 aliphatic heterocycles. The van der Waals surface area contributed by atoms with Crippen LogP contribution in [0.1, 0.15) is 23.2 Å². The van der Waals surface area contributed by atoms with Crippen molar-refractivity contribution in [3.63, 3.8) is 0 Å². The number of nitrogens with zero attached hydrogens (tertiary/aromatic N) is 2. The first kappa shape index (κ1) is 19.2. The van der Waals surface area contributed by atoms with Gasteiger partial charge in [-0.3, -0.25) is 4.79 Å². The molecule has 3 rings (SSSR count). The maximum absolute atomic E-state index is 12.6. The second-order valence-corrected chi connectivity index (χ2v) is 5.95. The highest BCUT2D eigenvalue weighted by molar-refractivity contribution is 6.03. The van der Waals surface area contributed by atoms with Crippen molar-refractivity contribution in [2.45, 2.75) is 13.8 Å². The van der Waals surface area contributed by atoms with Crippen molar-refractivity contribution in [1.82, 2.24) is 9.97 Å². The summed E-state index contributed by atoms with van der Waals surface area (Å²) in [6.45, 7) is 4.30. The third kappa shape index (κ3) is 4.97. The number of carbonyl (C=O) groups excluding carboxylic acids is 1. The highest BCUT2D eigenvalue weighted by Crippen LogP contribution is 2.20. The summed E-state index contributed by atoms with van der Waals surface area (Å²) >= 11 is 0. The van der Waals surface area contributed by atoms with Gasteiger partial charge in [0.15, 0.2) is 0 Å². The van der Waals surface area contributed by atoms with Crippen molar-refractivity contribution < 1.29 is 14.3 Å². The van der Waals surface area contributed by atoms with Crippen molar-refractivity contribution in [2.24, 2.45) is 0 Å². The van der Waals surface area contributed by atoms with Crippen LogP contribution in [0, 0.1) is 6.92 Å². The summed E-state index contributed by atoms with van der Waals surface area (Å²) in [5.41, 5.74) is 1.77. The number of hydrogen-bond donors (Lipinski definition) is 2. The van der Waals surface area contributed by atoms with Crippen molar-refractivity contribution in [1.29, 1.82) is 0 Å². The molecular weight excluding hydrogens is 356 g/mol. The minimum Gasteiger partial charge on any atom is -0.497 e. The van der Waals surface area contributed by atoms with Gasteiger partial charge in [0.25, 0.3) is 5.91 Å². The Bertz CT molecular complexity index is 941. The summed E-state index contributed by atoms with van der Waals surface area (Å²) in [4.78, 5) is 21.2. The molecule has 0 fully saturated rings. The van der Waals surface area contributed by atoms with E-state index in [4.69, 9.17) is 9.47 Å². The lowest BCUT2D eigenvalue weighted by atomic mass is 10.2. The molecule has 0 bridgehead atoms. The largest absolute Gasteiger partial charge is 0.497 e. The van der Waals surface area contributed by atoms with Crippen molar-refractivity contribution in [3.05, 3.63) is 66.1 Å². The van der Waals surface area contributed by atoms with Gasteiger partial charge in [-0.15, -0.1) is 0 Å². The number of methoxy groups -OCH3 is 1. The molecule has 144 valence electrons. The van der Waals surface area contributed by atoms with Crippen LogP contribution in [0.15, 0.2) is 54.6 Å². The average Bonchev–Trinajstić information content (AvgIpc) is 2.70. The predicted molar refractivity (Wildman–Crippen MR) is 109 cm³/mol. The molecule has 0 radical (unpaired) electrons. The maximum Gasteiger partial charge on any atom is 0.274 e. The summed E-state index contributed by atoms with van der Waals surface area (Å²) in [5, 5.41) is 6.01. The molecule has 0 atom stereocenters. The summed E-state index contributed by atoms with van der Waals surface area (Å²) in [5.74, 6) is 2.24. The first-order valence-corrected chi connectivity index (χ1v) is 8.88. The predicted octanol–water partition coefficient (Wildman–Crippen LogP) is 4.19. The monoisotopic (exact) mass is 378 g/mol. The fourth-order valence-corrected chi connectivity index (χ4v) is 2.57. The second-order valence-electron chi connectivity index (χ2n) is 5.95. The molecule has 0 saturated carbocycles. The number of benzene rings is 2. The Labute approximate surface area is 163 Å². The quantitative estimate of drug-likeness (QED) is 0.641. The third-order valence-corrected chi connectivity index (χ3v) is 3.86. The molecule has 0 spiro atoms. The Kier molecular flexibility index (Phi) is 6.06. The van der Waals surface area contributed by atoms with Crippen molar-refractivity contribution in [3.8, 4) is 11.5 Å². The molecule has 28 heavy (non-hydrogen) atoms.